The van der Waals surface area contributed by atoms with Gasteiger partial charge in [0.2, 0.25) is 5.91 Å². The predicted octanol–water partition coefficient (Wildman–Crippen LogP) is 1.13. The Morgan fingerprint density at radius 2 is 2.12 bits per heavy atom. The maximum absolute atomic E-state index is 11.9. The summed E-state index contributed by atoms with van der Waals surface area (Å²) in [6, 6.07) is 8.86. The standard InChI is InChI=1S/C12H15N3O/c1-9(14-2)12(16)15(3)11-7-5-4-6-10(11)8-13/h4-7,9,14H,1-3H3. The molecule has 0 aliphatic carbocycles. The lowest BCUT2D eigenvalue weighted by atomic mass is 10.1. The minimum absolute atomic E-state index is 0.0646. The smallest absolute Gasteiger partial charge is 0.243 e. The Hall–Kier alpha value is -1.86. The van der Waals surface area contributed by atoms with Crippen LogP contribution in [-0.4, -0.2) is 26.0 Å². The van der Waals surface area contributed by atoms with E-state index in [2.05, 4.69) is 11.4 Å². The zero-order chi connectivity index (χ0) is 12.1. The van der Waals surface area contributed by atoms with Crippen molar-refractivity contribution in [3.63, 3.8) is 0 Å². The third-order valence-electron chi connectivity index (χ3n) is 2.52. The minimum atomic E-state index is -0.267. The molecule has 0 spiro atoms. The van der Waals surface area contributed by atoms with Gasteiger partial charge < -0.3 is 10.2 Å². The molecule has 16 heavy (non-hydrogen) atoms. The number of likely N-dealkylation sites (N-methyl/N-ethyl adjacent to an activating group) is 2. The van der Waals surface area contributed by atoms with Crippen LogP contribution in [0.15, 0.2) is 24.3 Å². The van der Waals surface area contributed by atoms with E-state index in [9.17, 15) is 4.79 Å². The van der Waals surface area contributed by atoms with Gasteiger partial charge in [-0.15, -0.1) is 0 Å². The quantitative estimate of drug-likeness (QED) is 0.825. The van der Waals surface area contributed by atoms with E-state index in [1.54, 1.807) is 39.2 Å². The molecular formula is C12H15N3O. The number of para-hydroxylation sites is 1. The highest BCUT2D eigenvalue weighted by Gasteiger charge is 2.18. The van der Waals surface area contributed by atoms with Crippen LogP contribution < -0.4 is 10.2 Å². The molecule has 84 valence electrons. The van der Waals surface area contributed by atoms with Gasteiger partial charge in [-0.25, -0.2) is 0 Å². The van der Waals surface area contributed by atoms with Crippen molar-refractivity contribution in [1.29, 1.82) is 5.26 Å². The highest BCUT2D eigenvalue weighted by molar-refractivity contribution is 5.97. The Labute approximate surface area is 95.5 Å². The van der Waals surface area contributed by atoms with E-state index in [0.717, 1.165) is 0 Å². The number of anilines is 1. The van der Waals surface area contributed by atoms with Crippen molar-refractivity contribution in [2.75, 3.05) is 19.0 Å². The van der Waals surface area contributed by atoms with Crippen molar-refractivity contribution in [2.45, 2.75) is 13.0 Å². The van der Waals surface area contributed by atoms with E-state index in [1.807, 2.05) is 6.07 Å². The average Bonchev–Trinajstić information content (AvgIpc) is 2.35. The molecule has 0 radical (unpaired) electrons. The molecule has 1 N–H and O–H groups in total. The number of benzene rings is 1. The largest absolute Gasteiger partial charge is 0.313 e. The first-order chi connectivity index (χ1) is 7.61. The average molecular weight is 217 g/mol. The van der Waals surface area contributed by atoms with Crippen LogP contribution in [0.1, 0.15) is 12.5 Å². The van der Waals surface area contributed by atoms with E-state index < -0.39 is 0 Å². The first-order valence-electron chi connectivity index (χ1n) is 5.05. The number of amides is 1. The minimum Gasteiger partial charge on any atom is -0.313 e. The molecule has 1 atom stereocenters. The summed E-state index contributed by atoms with van der Waals surface area (Å²) in [5.41, 5.74) is 1.14. The van der Waals surface area contributed by atoms with E-state index in [0.29, 0.717) is 11.3 Å². The number of rotatable bonds is 3. The molecule has 0 saturated heterocycles. The summed E-state index contributed by atoms with van der Waals surface area (Å²) in [5.74, 6) is -0.0646. The molecule has 1 aromatic rings. The first-order valence-corrected chi connectivity index (χ1v) is 5.05. The van der Waals surface area contributed by atoms with Crippen LogP contribution in [0.5, 0.6) is 0 Å². The van der Waals surface area contributed by atoms with Crippen LogP contribution in [0.4, 0.5) is 5.69 Å². The summed E-state index contributed by atoms with van der Waals surface area (Å²) < 4.78 is 0. The summed E-state index contributed by atoms with van der Waals surface area (Å²) in [7, 11) is 3.40. The fraction of sp³-hybridized carbons (Fsp3) is 0.333. The summed E-state index contributed by atoms with van der Waals surface area (Å²) in [4.78, 5) is 13.4. The maximum atomic E-state index is 11.9. The Kier molecular flexibility index (Phi) is 4.03. The number of nitriles is 1. The highest BCUT2D eigenvalue weighted by atomic mass is 16.2. The van der Waals surface area contributed by atoms with Gasteiger partial charge in [0.1, 0.15) is 6.07 Å². The predicted molar refractivity (Wildman–Crippen MR) is 63.1 cm³/mol. The second-order valence-electron chi connectivity index (χ2n) is 3.54. The van der Waals surface area contributed by atoms with Gasteiger partial charge in [-0.1, -0.05) is 12.1 Å². The first kappa shape index (κ1) is 12.2. The lowest BCUT2D eigenvalue weighted by Gasteiger charge is -2.21. The Balaban J connectivity index is 3.01. The summed E-state index contributed by atoms with van der Waals surface area (Å²) in [6.45, 7) is 1.79. The van der Waals surface area contributed by atoms with Crippen molar-refractivity contribution >= 4 is 11.6 Å². The van der Waals surface area contributed by atoms with Gasteiger partial charge in [0.05, 0.1) is 17.3 Å². The third-order valence-corrected chi connectivity index (χ3v) is 2.52. The number of nitrogens with zero attached hydrogens (tertiary/aromatic N) is 2. The van der Waals surface area contributed by atoms with Crippen LogP contribution >= 0.6 is 0 Å². The molecule has 0 aliphatic heterocycles. The number of carbonyl (C=O) groups is 1. The fourth-order valence-electron chi connectivity index (χ4n) is 1.39. The topological polar surface area (TPSA) is 56.1 Å². The van der Waals surface area contributed by atoms with Gasteiger partial charge >= 0.3 is 0 Å². The molecule has 0 bridgehead atoms. The molecule has 4 heteroatoms. The summed E-state index contributed by atoms with van der Waals surface area (Å²) in [6.07, 6.45) is 0. The fourth-order valence-corrected chi connectivity index (χ4v) is 1.39. The van der Waals surface area contributed by atoms with Crippen molar-refractivity contribution in [2.24, 2.45) is 0 Å². The zero-order valence-corrected chi connectivity index (χ0v) is 9.69. The number of carbonyl (C=O) groups excluding carboxylic acids is 1. The van der Waals surface area contributed by atoms with E-state index in [1.165, 1.54) is 4.90 Å². The molecule has 0 aromatic heterocycles. The van der Waals surface area contributed by atoms with Crippen LogP contribution in [0.2, 0.25) is 0 Å². The molecule has 0 heterocycles. The number of nitrogens with one attached hydrogen (secondary N) is 1. The molecular weight excluding hydrogens is 202 g/mol. The highest BCUT2D eigenvalue weighted by Crippen LogP contribution is 2.18. The molecule has 0 aliphatic rings. The Bertz CT molecular complexity index is 423. The third kappa shape index (κ3) is 2.38. The van der Waals surface area contributed by atoms with Crippen molar-refractivity contribution in [3.05, 3.63) is 29.8 Å². The summed E-state index contributed by atoms with van der Waals surface area (Å²) in [5, 5.41) is 11.8. The van der Waals surface area contributed by atoms with Crippen molar-refractivity contribution in [1.82, 2.24) is 5.32 Å². The van der Waals surface area contributed by atoms with Gasteiger partial charge in [-0.3, -0.25) is 4.79 Å². The van der Waals surface area contributed by atoms with Gasteiger partial charge in [0, 0.05) is 7.05 Å². The van der Waals surface area contributed by atoms with E-state index in [4.69, 9.17) is 5.26 Å². The van der Waals surface area contributed by atoms with Crippen LogP contribution in [0.25, 0.3) is 0 Å². The van der Waals surface area contributed by atoms with E-state index in [-0.39, 0.29) is 11.9 Å². The Morgan fingerprint density at radius 1 is 1.50 bits per heavy atom. The lowest BCUT2D eigenvalue weighted by molar-refractivity contribution is -0.119. The van der Waals surface area contributed by atoms with Gasteiger partial charge in [-0.2, -0.15) is 5.26 Å². The monoisotopic (exact) mass is 217 g/mol. The molecule has 4 nitrogen and oxygen atoms in total. The van der Waals surface area contributed by atoms with Gasteiger partial charge in [-0.05, 0) is 26.1 Å². The SMILES string of the molecule is CNC(C)C(=O)N(C)c1ccccc1C#N. The molecule has 1 rings (SSSR count). The molecule has 0 saturated carbocycles. The second-order valence-corrected chi connectivity index (χ2v) is 3.54. The Morgan fingerprint density at radius 3 is 2.69 bits per heavy atom. The van der Waals surface area contributed by atoms with Crippen LogP contribution in [0, 0.1) is 11.3 Å². The molecule has 1 amide bonds. The normalized spacial score (nSPS) is 11.6. The van der Waals surface area contributed by atoms with Gasteiger partial charge in [0.25, 0.3) is 0 Å². The number of hydrogen-bond donors (Lipinski definition) is 1. The molecule has 1 unspecified atom stereocenters. The molecule has 0 fully saturated rings. The summed E-state index contributed by atoms with van der Waals surface area (Å²) >= 11 is 0. The zero-order valence-electron chi connectivity index (χ0n) is 9.69. The lowest BCUT2D eigenvalue weighted by Crippen LogP contribution is -2.41. The van der Waals surface area contributed by atoms with Gasteiger partial charge in [0.15, 0.2) is 0 Å². The second kappa shape index (κ2) is 5.29. The van der Waals surface area contributed by atoms with Crippen molar-refractivity contribution in [3.8, 4) is 6.07 Å². The maximum Gasteiger partial charge on any atom is 0.243 e. The van der Waals surface area contributed by atoms with Crippen molar-refractivity contribution < 1.29 is 4.79 Å². The van der Waals surface area contributed by atoms with Crippen LogP contribution in [-0.2, 0) is 4.79 Å². The van der Waals surface area contributed by atoms with E-state index >= 15 is 0 Å². The van der Waals surface area contributed by atoms with Crippen LogP contribution in [0.3, 0.4) is 0 Å². The number of hydrogen-bond acceptors (Lipinski definition) is 3. The molecule has 1 aromatic carbocycles.